The van der Waals surface area contributed by atoms with Gasteiger partial charge in [-0.1, -0.05) is 0 Å². The molecule has 0 spiro atoms. The van der Waals surface area contributed by atoms with E-state index in [9.17, 15) is 22.0 Å². The van der Waals surface area contributed by atoms with Crippen molar-refractivity contribution < 1.29 is 22.0 Å². The second kappa shape index (κ2) is 8.58. The molecule has 0 aliphatic heterocycles. The molecule has 10 heteroatoms. The Kier molecular flexibility index (Phi) is 6.30. The van der Waals surface area contributed by atoms with Crippen LogP contribution in [0.4, 0.5) is 13.9 Å². The summed E-state index contributed by atoms with van der Waals surface area (Å²) >= 11 is 1.19. The number of aryl methyl sites for hydroxylation is 1. The molecule has 2 N–H and O–H groups in total. The van der Waals surface area contributed by atoms with Gasteiger partial charge in [0.2, 0.25) is 10.0 Å². The fraction of sp³-hybridized carbons (Fsp3) is 0.200. The summed E-state index contributed by atoms with van der Waals surface area (Å²) in [6.45, 7) is 5.18. The number of nitrogens with zero attached hydrogens (tertiary/aromatic N) is 1. The van der Waals surface area contributed by atoms with Gasteiger partial charge in [0.05, 0.1) is 10.6 Å². The van der Waals surface area contributed by atoms with Gasteiger partial charge in [-0.15, -0.1) is 11.3 Å². The molecule has 2 aromatic carbocycles. The molecule has 30 heavy (non-hydrogen) atoms. The molecular weight excluding hydrogens is 432 g/mol. The molecule has 0 saturated carbocycles. The van der Waals surface area contributed by atoms with Gasteiger partial charge in [-0.3, -0.25) is 10.1 Å². The number of nitrogens with one attached hydrogen (secondary N) is 2. The summed E-state index contributed by atoms with van der Waals surface area (Å²) in [5.74, 6) is -2.40. The van der Waals surface area contributed by atoms with Gasteiger partial charge in [-0.25, -0.2) is 26.9 Å². The number of halogens is 2. The molecule has 1 aromatic heterocycles. The van der Waals surface area contributed by atoms with E-state index in [2.05, 4.69) is 15.0 Å². The third-order valence-electron chi connectivity index (χ3n) is 4.03. The number of carbonyl (C=O) groups is 1. The fourth-order valence-electron chi connectivity index (χ4n) is 2.69. The summed E-state index contributed by atoms with van der Waals surface area (Å²) in [5, 5.41) is 2.93. The van der Waals surface area contributed by atoms with Crippen molar-refractivity contribution in [1.82, 2.24) is 9.71 Å². The lowest BCUT2D eigenvalue weighted by molar-refractivity contribution is 0.102. The van der Waals surface area contributed by atoms with Crippen LogP contribution in [0.2, 0.25) is 0 Å². The van der Waals surface area contributed by atoms with Crippen LogP contribution in [0, 0.1) is 18.6 Å². The first-order chi connectivity index (χ1) is 14.1. The van der Waals surface area contributed by atoms with E-state index in [4.69, 9.17) is 0 Å². The Bertz CT molecular complexity index is 1190. The van der Waals surface area contributed by atoms with Gasteiger partial charge in [0, 0.05) is 22.0 Å². The maximum absolute atomic E-state index is 13.5. The first kappa shape index (κ1) is 22.0. The second-order valence-electron chi connectivity index (χ2n) is 6.81. The summed E-state index contributed by atoms with van der Waals surface area (Å²) in [6, 6.07) is 8.73. The Labute approximate surface area is 177 Å². The number of hydrogen-bond acceptors (Lipinski definition) is 5. The van der Waals surface area contributed by atoms with Gasteiger partial charge in [0.25, 0.3) is 5.91 Å². The highest BCUT2D eigenvalue weighted by Crippen LogP contribution is 2.31. The summed E-state index contributed by atoms with van der Waals surface area (Å²) in [5.41, 5.74) is 1.09. The van der Waals surface area contributed by atoms with Crippen LogP contribution in [0.1, 0.15) is 29.1 Å². The Morgan fingerprint density at radius 3 is 2.33 bits per heavy atom. The quantitative estimate of drug-likeness (QED) is 0.584. The number of aromatic nitrogens is 1. The molecule has 1 heterocycles. The normalized spacial score (nSPS) is 11.7. The van der Waals surface area contributed by atoms with Gasteiger partial charge < -0.3 is 0 Å². The number of amides is 1. The molecule has 0 fully saturated rings. The van der Waals surface area contributed by atoms with Crippen LogP contribution in [0.3, 0.4) is 0 Å². The summed E-state index contributed by atoms with van der Waals surface area (Å²) in [6.07, 6.45) is 0. The Balaban J connectivity index is 1.77. The molecule has 0 bridgehead atoms. The number of rotatable bonds is 6. The zero-order valence-corrected chi connectivity index (χ0v) is 18.0. The molecular formula is C20H19F2N3O3S2. The highest BCUT2D eigenvalue weighted by atomic mass is 32.2. The van der Waals surface area contributed by atoms with Crippen LogP contribution in [0.25, 0.3) is 11.3 Å². The number of hydrogen-bond donors (Lipinski definition) is 2. The third kappa shape index (κ3) is 4.89. The Morgan fingerprint density at radius 1 is 1.07 bits per heavy atom. The average molecular weight is 452 g/mol. The topological polar surface area (TPSA) is 88.2 Å². The fourth-order valence-corrected chi connectivity index (χ4v) is 4.78. The van der Waals surface area contributed by atoms with E-state index in [1.165, 1.54) is 41.7 Å². The number of benzene rings is 2. The molecule has 0 radical (unpaired) electrons. The van der Waals surface area contributed by atoms with Gasteiger partial charge >= 0.3 is 0 Å². The smallest absolute Gasteiger partial charge is 0.257 e. The largest absolute Gasteiger partial charge is 0.298 e. The summed E-state index contributed by atoms with van der Waals surface area (Å²) in [4.78, 5) is 17.6. The lowest BCUT2D eigenvalue weighted by atomic mass is 10.1. The maximum Gasteiger partial charge on any atom is 0.257 e. The first-order valence-electron chi connectivity index (χ1n) is 8.93. The number of carbonyl (C=O) groups excluding carboxylic acids is 1. The highest BCUT2D eigenvalue weighted by Gasteiger charge is 2.17. The maximum atomic E-state index is 13.5. The van der Waals surface area contributed by atoms with Crippen LogP contribution >= 0.6 is 11.3 Å². The highest BCUT2D eigenvalue weighted by molar-refractivity contribution is 7.89. The molecule has 0 aliphatic rings. The summed E-state index contributed by atoms with van der Waals surface area (Å²) < 4.78 is 53.5. The molecule has 158 valence electrons. The minimum atomic E-state index is -3.65. The monoisotopic (exact) mass is 451 g/mol. The standard InChI is InChI=1S/C20H19F2N3O3S2/c1-11(2)25-30(27,28)15-7-4-13(5-8-15)19(26)24-20-23-18(12(3)29-20)14-6-9-16(21)17(22)10-14/h4-11,25H,1-3H3,(H,23,24,26). The predicted octanol–water partition coefficient (Wildman–Crippen LogP) is 4.34. The van der Waals surface area contributed by atoms with Crippen molar-refractivity contribution in [3.05, 3.63) is 64.5 Å². The van der Waals surface area contributed by atoms with E-state index < -0.39 is 27.6 Å². The minimum Gasteiger partial charge on any atom is -0.298 e. The molecule has 0 unspecified atom stereocenters. The molecule has 0 atom stereocenters. The Hall–Kier alpha value is -2.69. The lowest BCUT2D eigenvalue weighted by Gasteiger charge is -2.10. The number of thiazole rings is 1. The molecule has 3 aromatic rings. The van der Waals surface area contributed by atoms with Gasteiger partial charge in [0.1, 0.15) is 0 Å². The molecule has 6 nitrogen and oxygen atoms in total. The van der Waals surface area contributed by atoms with Crippen LogP contribution < -0.4 is 10.0 Å². The second-order valence-corrected chi connectivity index (χ2v) is 9.72. The third-order valence-corrected chi connectivity index (χ3v) is 6.59. The van der Waals surface area contributed by atoms with E-state index in [0.717, 1.165) is 17.0 Å². The zero-order chi connectivity index (χ0) is 22.1. The van der Waals surface area contributed by atoms with Gasteiger partial charge in [-0.05, 0) is 63.2 Å². The van der Waals surface area contributed by atoms with Crippen LogP contribution in [-0.4, -0.2) is 25.4 Å². The summed E-state index contributed by atoms with van der Waals surface area (Å²) in [7, 11) is -3.65. The van der Waals surface area contributed by atoms with Crippen molar-refractivity contribution >= 4 is 32.4 Å². The molecule has 3 rings (SSSR count). The van der Waals surface area contributed by atoms with Crippen molar-refractivity contribution in [2.24, 2.45) is 0 Å². The van der Waals surface area contributed by atoms with Crippen molar-refractivity contribution in [1.29, 1.82) is 0 Å². The molecule has 0 aliphatic carbocycles. The van der Waals surface area contributed by atoms with Crippen molar-refractivity contribution in [3.63, 3.8) is 0 Å². The van der Waals surface area contributed by atoms with E-state index in [-0.39, 0.29) is 21.6 Å². The van der Waals surface area contributed by atoms with Crippen LogP contribution in [0.5, 0.6) is 0 Å². The van der Waals surface area contributed by atoms with Crippen LogP contribution in [0.15, 0.2) is 47.4 Å². The van der Waals surface area contributed by atoms with Crippen molar-refractivity contribution in [2.75, 3.05) is 5.32 Å². The lowest BCUT2D eigenvalue weighted by Crippen LogP contribution is -2.30. The van der Waals surface area contributed by atoms with E-state index >= 15 is 0 Å². The van der Waals surface area contributed by atoms with Gasteiger partial charge in [0.15, 0.2) is 16.8 Å². The van der Waals surface area contributed by atoms with Crippen molar-refractivity contribution in [3.8, 4) is 11.3 Å². The van der Waals surface area contributed by atoms with E-state index in [1.54, 1.807) is 20.8 Å². The Morgan fingerprint density at radius 2 is 1.73 bits per heavy atom. The number of sulfonamides is 1. The van der Waals surface area contributed by atoms with E-state index in [0.29, 0.717) is 11.3 Å². The average Bonchev–Trinajstić information content (AvgIpc) is 3.03. The minimum absolute atomic E-state index is 0.0541. The molecule has 0 saturated heterocycles. The first-order valence-corrected chi connectivity index (χ1v) is 11.2. The van der Waals surface area contributed by atoms with Crippen molar-refractivity contribution in [2.45, 2.75) is 31.7 Å². The van der Waals surface area contributed by atoms with Gasteiger partial charge in [-0.2, -0.15) is 0 Å². The van der Waals surface area contributed by atoms with Crippen LogP contribution in [-0.2, 0) is 10.0 Å². The number of anilines is 1. The zero-order valence-electron chi connectivity index (χ0n) is 16.4. The van der Waals surface area contributed by atoms with E-state index in [1.807, 2.05) is 0 Å². The predicted molar refractivity (Wildman–Crippen MR) is 112 cm³/mol. The molecule has 1 amide bonds. The SMILES string of the molecule is Cc1sc(NC(=O)c2ccc(S(=O)(=O)NC(C)C)cc2)nc1-c1ccc(F)c(F)c1.